The molecule has 0 bridgehead atoms. The third-order valence-electron chi connectivity index (χ3n) is 4.31. The number of anilines is 1. The zero-order valence-corrected chi connectivity index (χ0v) is 15.0. The number of pyridine rings is 1. The van der Waals surface area contributed by atoms with E-state index in [1.54, 1.807) is 0 Å². The van der Waals surface area contributed by atoms with Crippen molar-refractivity contribution in [3.05, 3.63) is 47.0 Å². The van der Waals surface area contributed by atoms with Gasteiger partial charge in [-0.15, -0.1) is 0 Å². The van der Waals surface area contributed by atoms with Crippen LogP contribution in [0.4, 0.5) is 5.82 Å². The maximum atomic E-state index is 12.4. The predicted octanol–water partition coefficient (Wildman–Crippen LogP) is 2.87. The van der Waals surface area contributed by atoms with Crippen LogP contribution in [0.5, 0.6) is 0 Å². The molecule has 0 saturated carbocycles. The molecule has 1 aliphatic rings. The Labute approximate surface area is 148 Å². The summed E-state index contributed by atoms with van der Waals surface area (Å²) in [6, 6.07) is 7.71. The molecule has 0 radical (unpaired) electrons. The van der Waals surface area contributed by atoms with Gasteiger partial charge in [0, 0.05) is 19.0 Å². The van der Waals surface area contributed by atoms with Crippen LogP contribution in [0.3, 0.4) is 0 Å². The highest BCUT2D eigenvalue weighted by molar-refractivity contribution is 5.95. The predicted molar refractivity (Wildman–Crippen MR) is 96.0 cm³/mol. The minimum absolute atomic E-state index is 0.133. The van der Waals surface area contributed by atoms with E-state index in [4.69, 9.17) is 9.15 Å². The number of aromatic nitrogens is 1. The minimum Gasteiger partial charge on any atom is -0.465 e. The van der Waals surface area contributed by atoms with Crippen LogP contribution in [0.15, 0.2) is 28.7 Å². The van der Waals surface area contributed by atoms with Crippen LogP contribution in [-0.4, -0.2) is 37.2 Å². The average Bonchev–Trinajstić information content (AvgIpc) is 3.03. The number of nitrogens with one attached hydrogen (secondary N) is 1. The molecule has 1 saturated heterocycles. The van der Waals surface area contributed by atoms with Gasteiger partial charge in [-0.05, 0) is 25.1 Å². The van der Waals surface area contributed by atoms with Gasteiger partial charge in [-0.25, -0.2) is 4.98 Å². The third kappa shape index (κ3) is 4.20. The lowest BCUT2D eigenvalue weighted by Crippen LogP contribution is -2.37. The fourth-order valence-electron chi connectivity index (χ4n) is 2.82. The number of aryl methyl sites for hydroxylation is 1. The molecule has 1 fully saturated rings. The number of furan rings is 1. The Balaban J connectivity index is 1.64. The Morgan fingerprint density at radius 1 is 1.32 bits per heavy atom. The van der Waals surface area contributed by atoms with Crippen molar-refractivity contribution in [2.45, 2.75) is 33.2 Å². The molecule has 2 aromatic rings. The van der Waals surface area contributed by atoms with Gasteiger partial charge < -0.3 is 19.4 Å². The topological polar surface area (TPSA) is 67.6 Å². The number of amides is 1. The summed E-state index contributed by atoms with van der Waals surface area (Å²) in [5.74, 6) is 2.53. The lowest BCUT2D eigenvalue weighted by Gasteiger charge is -2.28. The van der Waals surface area contributed by atoms with E-state index in [0.29, 0.717) is 17.9 Å². The van der Waals surface area contributed by atoms with E-state index in [-0.39, 0.29) is 11.8 Å². The number of hydrogen-bond donors (Lipinski definition) is 1. The van der Waals surface area contributed by atoms with Crippen molar-refractivity contribution in [1.29, 1.82) is 0 Å². The second-order valence-corrected chi connectivity index (χ2v) is 6.54. The Kier molecular flexibility index (Phi) is 5.38. The Morgan fingerprint density at radius 2 is 2.08 bits per heavy atom. The van der Waals surface area contributed by atoms with Gasteiger partial charge in [0.05, 0.1) is 31.0 Å². The van der Waals surface area contributed by atoms with Crippen molar-refractivity contribution in [1.82, 2.24) is 10.3 Å². The molecule has 0 unspecified atom stereocenters. The van der Waals surface area contributed by atoms with Crippen LogP contribution < -0.4 is 10.2 Å². The molecular weight excluding hydrogens is 318 g/mol. The van der Waals surface area contributed by atoms with Gasteiger partial charge in [0.15, 0.2) is 0 Å². The average molecular weight is 343 g/mol. The molecule has 1 N–H and O–H groups in total. The molecule has 25 heavy (non-hydrogen) atoms. The van der Waals surface area contributed by atoms with Crippen LogP contribution in [0.1, 0.15) is 47.3 Å². The standard InChI is InChI=1S/C19H25N3O3/c1-13(2)17-11-16(14(3)25-17)19(23)20-12-15-5-4-6-18(21-15)22-7-9-24-10-8-22/h4-6,11,13H,7-10,12H2,1-3H3,(H,20,23). The monoisotopic (exact) mass is 343 g/mol. The molecule has 6 nitrogen and oxygen atoms in total. The second kappa shape index (κ2) is 7.70. The van der Waals surface area contributed by atoms with Crippen LogP contribution in [0, 0.1) is 6.92 Å². The van der Waals surface area contributed by atoms with Gasteiger partial charge in [0.2, 0.25) is 0 Å². The van der Waals surface area contributed by atoms with E-state index < -0.39 is 0 Å². The van der Waals surface area contributed by atoms with Crippen LogP contribution in [-0.2, 0) is 11.3 Å². The lowest BCUT2D eigenvalue weighted by atomic mass is 10.1. The summed E-state index contributed by atoms with van der Waals surface area (Å²) < 4.78 is 11.0. The van der Waals surface area contributed by atoms with Gasteiger partial charge >= 0.3 is 0 Å². The van der Waals surface area contributed by atoms with Crippen molar-refractivity contribution in [2.24, 2.45) is 0 Å². The molecule has 0 atom stereocenters. The smallest absolute Gasteiger partial charge is 0.255 e. The van der Waals surface area contributed by atoms with Crippen molar-refractivity contribution < 1.29 is 13.9 Å². The Bertz CT molecular complexity index is 733. The van der Waals surface area contributed by atoms with Gasteiger partial charge in [-0.2, -0.15) is 0 Å². The first-order valence-corrected chi connectivity index (χ1v) is 8.71. The molecule has 1 aliphatic heterocycles. The highest BCUT2D eigenvalue weighted by Gasteiger charge is 2.17. The number of carbonyl (C=O) groups excluding carboxylic acids is 1. The maximum Gasteiger partial charge on any atom is 0.255 e. The van der Waals surface area contributed by atoms with Gasteiger partial charge in [-0.3, -0.25) is 4.79 Å². The molecule has 3 heterocycles. The highest BCUT2D eigenvalue weighted by atomic mass is 16.5. The summed E-state index contributed by atoms with van der Waals surface area (Å²) in [7, 11) is 0. The number of morpholine rings is 1. The number of hydrogen-bond acceptors (Lipinski definition) is 5. The minimum atomic E-state index is -0.133. The zero-order valence-electron chi connectivity index (χ0n) is 15.0. The molecule has 1 amide bonds. The number of rotatable bonds is 5. The summed E-state index contributed by atoms with van der Waals surface area (Å²) in [6.07, 6.45) is 0. The van der Waals surface area contributed by atoms with Gasteiger partial charge in [-0.1, -0.05) is 19.9 Å². The zero-order chi connectivity index (χ0) is 17.8. The molecule has 0 aliphatic carbocycles. The number of ether oxygens (including phenoxy) is 1. The first-order chi connectivity index (χ1) is 12.0. The first kappa shape index (κ1) is 17.5. The van der Waals surface area contributed by atoms with E-state index >= 15 is 0 Å². The molecular formula is C19H25N3O3. The van der Waals surface area contributed by atoms with Crippen LogP contribution in [0.25, 0.3) is 0 Å². The SMILES string of the molecule is Cc1oc(C(C)C)cc1C(=O)NCc1cccc(N2CCOCC2)n1. The fraction of sp³-hybridized carbons (Fsp3) is 0.474. The largest absolute Gasteiger partial charge is 0.465 e. The molecule has 0 spiro atoms. The molecule has 2 aromatic heterocycles. The van der Waals surface area contributed by atoms with E-state index in [2.05, 4.69) is 15.2 Å². The Hall–Kier alpha value is -2.34. The summed E-state index contributed by atoms with van der Waals surface area (Å²) in [4.78, 5) is 19.3. The number of nitrogens with zero attached hydrogens (tertiary/aromatic N) is 2. The van der Waals surface area contributed by atoms with Gasteiger partial charge in [0.1, 0.15) is 17.3 Å². The van der Waals surface area contributed by atoms with Crippen molar-refractivity contribution in [3.63, 3.8) is 0 Å². The van der Waals surface area contributed by atoms with Crippen molar-refractivity contribution in [3.8, 4) is 0 Å². The van der Waals surface area contributed by atoms with E-state index in [0.717, 1.165) is 43.6 Å². The second-order valence-electron chi connectivity index (χ2n) is 6.54. The van der Waals surface area contributed by atoms with E-state index in [1.165, 1.54) is 0 Å². The summed E-state index contributed by atoms with van der Waals surface area (Å²) in [5, 5.41) is 2.93. The molecule has 134 valence electrons. The van der Waals surface area contributed by atoms with Gasteiger partial charge in [0.25, 0.3) is 5.91 Å². The first-order valence-electron chi connectivity index (χ1n) is 8.71. The van der Waals surface area contributed by atoms with E-state index in [9.17, 15) is 4.79 Å². The van der Waals surface area contributed by atoms with Crippen LogP contribution >= 0.6 is 0 Å². The third-order valence-corrected chi connectivity index (χ3v) is 4.31. The summed E-state index contributed by atoms with van der Waals surface area (Å²) in [5.41, 5.74) is 1.43. The van der Waals surface area contributed by atoms with Crippen LogP contribution in [0.2, 0.25) is 0 Å². The Morgan fingerprint density at radius 3 is 2.76 bits per heavy atom. The quantitative estimate of drug-likeness (QED) is 0.904. The normalized spacial score (nSPS) is 14.8. The summed E-state index contributed by atoms with van der Waals surface area (Å²) >= 11 is 0. The van der Waals surface area contributed by atoms with E-state index in [1.807, 2.05) is 45.0 Å². The summed E-state index contributed by atoms with van der Waals surface area (Å²) in [6.45, 7) is 9.42. The lowest BCUT2D eigenvalue weighted by molar-refractivity contribution is 0.0949. The molecule has 3 rings (SSSR count). The van der Waals surface area contributed by atoms with Crippen molar-refractivity contribution in [2.75, 3.05) is 31.2 Å². The highest BCUT2D eigenvalue weighted by Crippen LogP contribution is 2.21. The molecule has 6 heteroatoms. The molecule has 0 aromatic carbocycles. The fourth-order valence-corrected chi connectivity index (χ4v) is 2.82. The number of carbonyl (C=O) groups is 1. The van der Waals surface area contributed by atoms with Crippen molar-refractivity contribution >= 4 is 11.7 Å². The maximum absolute atomic E-state index is 12.4.